The van der Waals surface area contributed by atoms with E-state index in [2.05, 4.69) is 31.0 Å². The molecule has 118 valence electrons. The molecule has 2 bridgehead atoms. The lowest BCUT2D eigenvalue weighted by atomic mass is 9.63. The summed E-state index contributed by atoms with van der Waals surface area (Å²) >= 11 is 0. The number of ether oxygens (including phenoxy) is 1. The van der Waals surface area contributed by atoms with E-state index in [4.69, 9.17) is 4.74 Å². The van der Waals surface area contributed by atoms with Crippen molar-refractivity contribution in [1.29, 1.82) is 0 Å². The normalized spacial score (nSPS) is 38.9. The summed E-state index contributed by atoms with van der Waals surface area (Å²) < 4.78 is 5.41. The van der Waals surface area contributed by atoms with Gasteiger partial charge in [-0.15, -0.1) is 0 Å². The fraction of sp³-hybridized carbons (Fsp3) is 0.611. The van der Waals surface area contributed by atoms with Gasteiger partial charge in [-0.2, -0.15) is 0 Å². The molecule has 4 rings (SSSR count). The Morgan fingerprint density at radius 3 is 2.91 bits per heavy atom. The Kier molecular flexibility index (Phi) is 2.72. The summed E-state index contributed by atoms with van der Waals surface area (Å²) in [6, 6.07) is 6.76. The van der Waals surface area contributed by atoms with Gasteiger partial charge >= 0.3 is 5.97 Å². The monoisotopic (exact) mass is 301 g/mol. The summed E-state index contributed by atoms with van der Waals surface area (Å²) in [5, 5.41) is 9.43. The van der Waals surface area contributed by atoms with Crippen LogP contribution in [0.2, 0.25) is 0 Å². The van der Waals surface area contributed by atoms with E-state index in [9.17, 15) is 9.90 Å². The van der Waals surface area contributed by atoms with Crippen molar-refractivity contribution in [2.45, 2.75) is 37.6 Å². The topological polar surface area (TPSA) is 49.8 Å². The van der Waals surface area contributed by atoms with Gasteiger partial charge in [0.05, 0.1) is 13.5 Å². The van der Waals surface area contributed by atoms with Crippen LogP contribution in [-0.2, 0) is 16.6 Å². The van der Waals surface area contributed by atoms with Gasteiger partial charge in [-0.05, 0) is 54.5 Å². The fourth-order valence-electron chi connectivity index (χ4n) is 5.94. The van der Waals surface area contributed by atoms with Crippen molar-refractivity contribution in [2.75, 3.05) is 20.7 Å². The van der Waals surface area contributed by atoms with Crippen LogP contribution in [0, 0.1) is 11.3 Å². The zero-order chi connectivity index (χ0) is 15.7. The lowest BCUT2D eigenvalue weighted by Crippen LogP contribution is -2.63. The molecule has 1 spiro atoms. The lowest BCUT2D eigenvalue weighted by Gasteiger charge is -2.55. The molecule has 1 aromatic rings. The standard InChI is InChI=1S/C18H23NO3/c1-17-9-18(8-11-4-5-12(22-3)6-13(11)17)10-19(2)16(18)14(17)7-15(20)21/h4-6,14,16H,7-10H2,1-3H3,(H,20,21). The van der Waals surface area contributed by atoms with E-state index in [1.807, 2.05) is 6.07 Å². The minimum absolute atomic E-state index is 0.0596. The van der Waals surface area contributed by atoms with E-state index < -0.39 is 5.97 Å². The SMILES string of the molecule is COc1ccc2c(c1)C1(C)CC3(C2)CN(C)C3C1CC(=O)O. The molecule has 1 aliphatic heterocycles. The van der Waals surface area contributed by atoms with Crippen molar-refractivity contribution in [3.63, 3.8) is 0 Å². The zero-order valence-electron chi connectivity index (χ0n) is 13.4. The fourth-order valence-corrected chi connectivity index (χ4v) is 5.94. The Labute approximate surface area is 131 Å². The van der Waals surface area contributed by atoms with Gasteiger partial charge in [0, 0.05) is 18.0 Å². The molecule has 1 heterocycles. The number of methoxy groups -OCH3 is 1. The van der Waals surface area contributed by atoms with Crippen molar-refractivity contribution >= 4 is 5.97 Å². The summed E-state index contributed by atoms with van der Waals surface area (Å²) in [7, 11) is 3.83. The predicted octanol–water partition coefficient (Wildman–Crippen LogP) is 2.30. The molecule has 0 radical (unpaired) electrons. The molecule has 0 aromatic heterocycles. The van der Waals surface area contributed by atoms with Crippen LogP contribution in [0.25, 0.3) is 0 Å². The Hall–Kier alpha value is -1.55. The number of benzene rings is 1. The van der Waals surface area contributed by atoms with Gasteiger partial charge in [0.15, 0.2) is 0 Å². The van der Waals surface area contributed by atoms with Crippen LogP contribution < -0.4 is 4.74 Å². The number of hydrogen-bond donors (Lipinski definition) is 1. The first-order valence-electron chi connectivity index (χ1n) is 7.99. The smallest absolute Gasteiger partial charge is 0.303 e. The zero-order valence-corrected chi connectivity index (χ0v) is 13.4. The molecule has 1 saturated heterocycles. The highest BCUT2D eigenvalue weighted by atomic mass is 16.5. The molecule has 0 amide bonds. The molecule has 1 aromatic carbocycles. The van der Waals surface area contributed by atoms with Gasteiger partial charge in [0.2, 0.25) is 0 Å². The van der Waals surface area contributed by atoms with Crippen LogP contribution in [-0.4, -0.2) is 42.7 Å². The summed E-state index contributed by atoms with van der Waals surface area (Å²) in [6.07, 6.45) is 2.43. The lowest BCUT2D eigenvalue weighted by molar-refractivity contribution is -0.140. The third kappa shape index (κ3) is 1.59. The molecule has 4 unspecified atom stereocenters. The third-order valence-electron chi connectivity index (χ3n) is 6.45. The van der Waals surface area contributed by atoms with E-state index in [1.165, 1.54) is 11.1 Å². The van der Waals surface area contributed by atoms with Crippen LogP contribution >= 0.6 is 0 Å². The third-order valence-corrected chi connectivity index (χ3v) is 6.45. The average Bonchev–Trinajstić information content (AvgIpc) is 2.60. The van der Waals surface area contributed by atoms with Gasteiger partial charge in [0.1, 0.15) is 5.75 Å². The Morgan fingerprint density at radius 2 is 2.27 bits per heavy atom. The van der Waals surface area contributed by atoms with Gasteiger partial charge in [-0.3, -0.25) is 4.79 Å². The first-order valence-corrected chi connectivity index (χ1v) is 7.99. The van der Waals surface area contributed by atoms with Gasteiger partial charge in [-0.25, -0.2) is 0 Å². The van der Waals surface area contributed by atoms with E-state index >= 15 is 0 Å². The summed E-state index contributed by atoms with van der Waals surface area (Å²) in [5.41, 5.74) is 2.92. The second-order valence-corrected chi connectivity index (χ2v) is 7.72. The molecule has 22 heavy (non-hydrogen) atoms. The van der Waals surface area contributed by atoms with Crippen LogP contribution in [0.5, 0.6) is 5.75 Å². The number of carboxylic acids is 1. The minimum atomic E-state index is -0.682. The Balaban J connectivity index is 1.86. The number of likely N-dealkylation sites (tertiary alicyclic amines) is 1. The van der Waals surface area contributed by atoms with Crippen LogP contribution in [0.3, 0.4) is 0 Å². The van der Waals surface area contributed by atoms with E-state index in [0.29, 0.717) is 6.04 Å². The largest absolute Gasteiger partial charge is 0.497 e. The van der Waals surface area contributed by atoms with Crippen molar-refractivity contribution in [3.05, 3.63) is 29.3 Å². The minimum Gasteiger partial charge on any atom is -0.497 e. The van der Waals surface area contributed by atoms with Crippen molar-refractivity contribution in [2.24, 2.45) is 11.3 Å². The average molecular weight is 301 g/mol. The molecule has 3 aliphatic rings. The van der Waals surface area contributed by atoms with E-state index in [1.54, 1.807) is 7.11 Å². The summed E-state index contributed by atoms with van der Waals surface area (Å²) in [4.78, 5) is 13.8. The van der Waals surface area contributed by atoms with E-state index in [-0.39, 0.29) is 23.2 Å². The highest BCUT2D eigenvalue weighted by Crippen LogP contribution is 2.66. The molecule has 4 atom stereocenters. The maximum atomic E-state index is 11.5. The van der Waals surface area contributed by atoms with Crippen LogP contribution in [0.1, 0.15) is 30.9 Å². The maximum Gasteiger partial charge on any atom is 0.303 e. The molecule has 4 nitrogen and oxygen atoms in total. The number of nitrogens with zero attached hydrogens (tertiary/aromatic N) is 1. The number of hydrogen-bond acceptors (Lipinski definition) is 3. The second kappa shape index (κ2) is 4.25. The molecule has 1 N–H and O–H groups in total. The van der Waals surface area contributed by atoms with Crippen LogP contribution in [0.15, 0.2) is 18.2 Å². The molecule has 4 heteroatoms. The maximum absolute atomic E-state index is 11.5. The number of fused-ring (bicyclic) bond motifs is 3. The summed E-state index contributed by atoms with van der Waals surface area (Å²) in [6.45, 7) is 3.36. The Bertz CT molecular complexity index is 658. The molecule has 1 saturated carbocycles. The number of rotatable bonds is 3. The molecule has 2 fully saturated rings. The first kappa shape index (κ1) is 14.1. The molecule has 2 aliphatic carbocycles. The van der Waals surface area contributed by atoms with Crippen molar-refractivity contribution < 1.29 is 14.6 Å². The highest BCUT2D eigenvalue weighted by Gasteiger charge is 2.68. The first-order chi connectivity index (χ1) is 10.4. The highest BCUT2D eigenvalue weighted by molar-refractivity contribution is 5.68. The second-order valence-electron chi connectivity index (χ2n) is 7.72. The van der Waals surface area contributed by atoms with Crippen LogP contribution in [0.4, 0.5) is 0 Å². The predicted molar refractivity (Wildman–Crippen MR) is 83.3 cm³/mol. The van der Waals surface area contributed by atoms with Crippen molar-refractivity contribution in [3.8, 4) is 5.75 Å². The van der Waals surface area contributed by atoms with Gasteiger partial charge < -0.3 is 14.7 Å². The summed E-state index contributed by atoms with van der Waals surface area (Å²) in [5.74, 6) is 0.369. The molecular formula is C18H23NO3. The van der Waals surface area contributed by atoms with Gasteiger partial charge in [-0.1, -0.05) is 13.0 Å². The Morgan fingerprint density at radius 1 is 1.50 bits per heavy atom. The van der Waals surface area contributed by atoms with E-state index in [0.717, 1.165) is 25.1 Å². The number of carboxylic acid groups (broad SMARTS) is 1. The van der Waals surface area contributed by atoms with Crippen molar-refractivity contribution in [1.82, 2.24) is 4.90 Å². The quantitative estimate of drug-likeness (QED) is 0.931. The van der Waals surface area contributed by atoms with Gasteiger partial charge in [0.25, 0.3) is 0 Å². The number of aliphatic carboxylic acids is 1. The number of carbonyl (C=O) groups is 1. The molecular weight excluding hydrogens is 278 g/mol.